The van der Waals surface area contributed by atoms with E-state index in [1.54, 1.807) is 6.92 Å². The molecule has 5 heteroatoms. The van der Waals surface area contributed by atoms with E-state index in [2.05, 4.69) is 6.58 Å². The van der Waals surface area contributed by atoms with Gasteiger partial charge in [0.25, 0.3) is 5.69 Å². The number of ether oxygens (including phenoxy) is 1. The number of hydrogen-bond donors (Lipinski definition) is 0. The Hall–Kier alpha value is -2.17. The summed E-state index contributed by atoms with van der Waals surface area (Å²) in [5.74, 6) is -0.526. The Labute approximate surface area is 92.5 Å². The molecule has 84 valence electrons. The smallest absolute Gasteiger partial charge is 0.338 e. The van der Waals surface area contributed by atoms with Crippen molar-refractivity contribution in [3.63, 3.8) is 0 Å². The van der Waals surface area contributed by atoms with Gasteiger partial charge in [0.1, 0.15) is 6.10 Å². The van der Waals surface area contributed by atoms with Crippen molar-refractivity contribution in [1.82, 2.24) is 0 Å². The highest BCUT2D eigenvalue weighted by atomic mass is 16.6. The first kappa shape index (κ1) is 11.9. The van der Waals surface area contributed by atoms with Gasteiger partial charge in [-0.2, -0.15) is 0 Å². The number of benzene rings is 1. The predicted molar refractivity (Wildman–Crippen MR) is 58.2 cm³/mol. The Balaban J connectivity index is 2.77. The molecule has 0 fully saturated rings. The van der Waals surface area contributed by atoms with Crippen LogP contribution in [0.25, 0.3) is 0 Å². The molecule has 0 amide bonds. The van der Waals surface area contributed by atoms with Gasteiger partial charge in [-0.15, -0.1) is 0 Å². The maximum Gasteiger partial charge on any atom is 0.338 e. The molecule has 0 saturated heterocycles. The number of rotatable bonds is 4. The molecule has 1 aromatic carbocycles. The van der Waals surface area contributed by atoms with Crippen LogP contribution in [0.1, 0.15) is 17.3 Å². The third-order valence-electron chi connectivity index (χ3n) is 1.94. The highest BCUT2D eigenvalue weighted by Crippen LogP contribution is 2.13. The molecule has 0 aliphatic carbocycles. The summed E-state index contributed by atoms with van der Waals surface area (Å²) in [7, 11) is 0. The number of nitrogens with zero attached hydrogens (tertiary/aromatic N) is 1. The predicted octanol–water partition coefficient (Wildman–Crippen LogP) is 2.33. The van der Waals surface area contributed by atoms with E-state index < -0.39 is 10.9 Å². The molecule has 1 rings (SSSR count). The molecule has 0 bridgehead atoms. The van der Waals surface area contributed by atoms with Crippen LogP contribution < -0.4 is 0 Å². The van der Waals surface area contributed by atoms with Gasteiger partial charge in [-0.1, -0.05) is 12.7 Å². The van der Waals surface area contributed by atoms with Crippen molar-refractivity contribution in [2.24, 2.45) is 0 Å². The third-order valence-corrected chi connectivity index (χ3v) is 1.94. The van der Waals surface area contributed by atoms with E-state index in [1.807, 2.05) is 0 Å². The highest BCUT2D eigenvalue weighted by molar-refractivity contribution is 5.89. The van der Waals surface area contributed by atoms with Gasteiger partial charge in [-0.3, -0.25) is 10.1 Å². The number of esters is 1. The molecule has 0 spiro atoms. The van der Waals surface area contributed by atoms with Gasteiger partial charge < -0.3 is 4.74 Å². The number of carbonyl (C=O) groups is 1. The molecular formula is C11H11NO4. The minimum Gasteiger partial charge on any atom is -0.455 e. The van der Waals surface area contributed by atoms with Crippen LogP contribution in [0.5, 0.6) is 0 Å². The topological polar surface area (TPSA) is 69.4 Å². The van der Waals surface area contributed by atoms with Crippen molar-refractivity contribution in [1.29, 1.82) is 0 Å². The quantitative estimate of drug-likeness (QED) is 0.338. The van der Waals surface area contributed by atoms with Crippen LogP contribution in [0.4, 0.5) is 5.69 Å². The SMILES string of the molecule is C=CC(C)OC(=O)c1ccc([N+](=O)[O-])cc1. The highest BCUT2D eigenvalue weighted by Gasteiger charge is 2.11. The first-order chi connectivity index (χ1) is 7.54. The monoisotopic (exact) mass is 221 g/mol. The summed E-state index contributed by atoms with van der Waals surface area (Å²) in [4.78, 5) is 21.3. The molecule has 1 atom stereocenters. The Morgan fingerprint density at radius 1 is 1.50 bits per heavy atom. The van der Waals surface area contributed by atoms with Crippen LogP contribution in [-0.4, -0.2) is 17.0 Å². The van der Waals surface area contributed by atoms with Gasteiger partial charge in [0.15, 0.2) is 0 Å². The van der Waals surface area contributed by atoms with Gasteiger partial charge in [0.05, 0.1) is 10.5 Å². The zero-order valence-corrected chi connectivity index (χ0v) is 8.75. The Bertz CT molecular complexity index is 410. The summed E-state index contributed by atoms with van der Waals surface area (Å²) >= 11 is 0. The summed E-state index contributed by atoms with van der Waals surface area (Å²) in [6, 6.07) is 5.23. The van der Waals surface area contributed by atoms with E-state index in [1.165, 1.54) is 30.3 Å². The van der Waals surface area contributed by atoms with Gasteiger partial charge in [0, 0.05) is 12.1 Å². The van der Waals surface area contributed by atoms with Crippen LogP contribution in [0, 0.1) is 10.1 Å². The summed E-state index contributed by atoms with van der Waals surface area (Å²) < 4.78 is 4.96. The Kier molecular flexibility index (Phi) is 3.77. The van der Waals surface area contributed by atoms with Crippen LogP contribution in [0.3, 0.4) is 0 Å². The van der Waals surface area contributed by atoms with Crippen molar-refractivity contribution in [3.05, 3.63) is 52.6 Å². The molecule has 1 aromatic rings. The Morgan fingerprint density at radius 2 is 2.06 bits per heavy atom. The van der Waals surface area contributed by atoms with Crippen LogP contribution >= 0.6 is 0 Å². The van der Waals surface area contributed by atoms with Crippen LogP contribution in [-0.2, 0) is 4.74 Å². The number of nitro groups is 1. The van der Waals surface area contributed by atoms with E-state index in [0.29, 0.717) is 0 Å². The normalized spacial score (nSPS) is 11.6. The van der Waals surface area contributed by atoms with Gasteiger partial charge in [0.2, 0.25) is 0 Å². The molecule has 5 nitrogen and oxygen atoms in total. The summed E-state index contributed by atoms with van der Waals surface area (Å²) in [6.45, 7) is 5.15. The van der Waals surface area contributed by atoms with Crippen molar-refractivity contribution in [2.45, 2.75) is 13.0 Å². The Morgan fingerprint density at radius 3 is 2.50 bits per heavy atom. The lowest BCUT2D eigenvalue weighted by Gasteiger charge is -2.08. The van der Waals surface area contributed by atoms with Crippen molar-refractivity contribution in [2.75, 3.05) is 0 Å². The average Bonchev–Trinajstić information content (AvgIpc) is 2.28. The first-order valence-corrected chi connectivity index (χ1v) is 4.62. The molecule has 0 N–H and O–H groups in total. The lowest BCUT2D eigenvalue weighted by molar-refractivity contribution is -0.384. The second-order valence-corrected chi connectivity index (χ2v) is 3.15. The van der Waals surface area contributed by atoms with Crippen molar-refractivity contribution < 1.29 is 14.5 Å². The van der Waals surface area contributed by atoms with Crippen LogP contribution in [0.2, 0.25) is 0 Å². The number of hydrogen-bond acceptors (Lipinski definition) is 4. The molecule has 0 aliphatic heterocycles. The second-order valence-electron chi connectivity index (χ2n) is 3.15. The summed E-state index contributed by atoms with van der Waals surface area (Å²) in [5.41, 5.74) is 0.215. The van der Waals surface area contributed by atoms with Gasteiger partial charge in [-0.25, -0.2) is 4.79 Å². The zero-order valence-electron chi connectivity index (χ0n) is 8.75. The number of nitro benzene ring substituents is 1. The van der Waals surface area contributed by atoms with E-state index in [4.69, 9.17) is 4.74 Å². The van der Waals surface area contributed by atoms with Gasteiger partial charge >= 0.3 is 5.97 Å². The minimum atomic E-state index is -0.526. The molecule has 1 unspecified atom stereocenters. The molecule has 0 saturated carbocycles. The molecule has 0 radical (unpaired) electrons. The molecular weight excluding hydrogens is 210 g/mol. The number of non-ortho nitro benzene ring substituents is 1. The van der Waals surface area contributed by atoms with Crippen molar-refractivity contribution >= 4 is 11.7 Å². The zero-order chi connectivity index (χ0) is 12.1. The first-order valence-electron chi connectivity index (χ1n) is 4.62. The summed E-state index contributed by atoms with van der Waals surface area (Å²) in [6.07, 6.45) is 1.10. The lowest BCUT2D eigenvalue weighted by atomic mass is 10.2. The average molecular weight is 221 g/mol. The van der Waals surface area contributed by atoms with Gasteiger partial charge in [-0.05, 0) is 19.1 Å². The van der Waals surface area contributed by atoms with E-state index in [0.717, 1.165) is 0 Å². The lowest BCUT2D eigenvalue weighted by Crippen LogP contribution is -2.12. The number of carbonyl (C=O) groups excluding carboxylic acids is 1. The fourth-order valence-corrected chi connectivity index (χ4v) is 1.00. The van der Waals surface area contributed by atoms with Crippen LogP contribution in [0.15, 0.2) is 36.9 Å². The van der Waals surface area contributed by atoms with Crippen molar-refractivity contribution in [3.8, 4) is 0 Å². The maximum absolute atomic E-state index is 11.5. The molecule has 0 aromatic heterocycles. The largest absolute Gasteiger partial charge is 0.455 e. The standard InChI is InChI=1S/C11H11NO4/c1-3-8(2)16-11(13)9-4-6-10(7-5-9)12(14)15/h3-8H,1H2,2H3. The van der Waals surface area contributed by atoms with E-state index >= 15 is 0 Å². The van der Waals surface area contributed by atoms with E-state index in [-0.39, 0.29) is 17.4 Å². The molecule has 16 heavy (non-hydrogen) atoms. The second kappa shape index (κ2) is 5.06. The summed E-state index contributed by atoms with van der Waals surface area (Å²) in [5, 5.41) is 10.4. The maximum atomic E-state index is 11.5. The molecule has 0 aliphatic rings. The van der Waals surface area contributed by atoms with E-state index in [9.17, 15) is 14.9 Å². The fraction of sp³-hybridized carbons (Fsp3) is 0.182. The fourth-order valence-electron chi connectivity index (χ4n) is 1.00. The molecule has 0 heterocycles. The third kappa shape index (κ3) is 2.91. The minimum absolute atomic E-state index is 0.0617.